The van der Waals surface area contributed by atoms with Crippen molar-refractivity contribution in [3.63, 3.8) is 0 Å². The number of nitrogens with one attached hydrogen (secondary N) is 2. The zero-order valence-electron chi connectivity index (χ0n) is 14.9. The van der Waals surface area contributed by atoms with Gasteiger partial charge in [0.2, 0.25) is 0 Å². The van der Waals surface area contributed by atoms with Gasteiger partial charge >= 0.3 is 0 Å². The van der Waals surface area contributed by atoms with Crippen molar-refractivity contribution in [2.45, 2.75) is 6.42 Å². The molecule has 0 atom stereocenters. The van der Waals surface area contributed by atoms with Crippen LogP contribution in [-0.4, -0.2) is 39.8 Å². The molecule has 0 aromatic heterocycles. The highest BCUT2D eigenvalue weighted by molar-refractivity contribution is 5.79. The molecule has 0 fully saturated rings. The Balaban J connectivity index is 1.67. The number of aliphatic imine (C=N–C) groups is 1. The highest BCUT2D eigenvalue weighted by Crippen LogP contribution is 2.17. The van der Waals surface area contributed by atoms with Gasteiger partial charge in [-0.05, 0) is 36.2 Å². The van der Waals surface area contributed by atoms with Crippen LogP contribution in [0.5, 0.6) is 11.5 Å². The molecule has 2 aromatic carbocycles. The maximum atomic E-state index is 13.4. The van der Waals surface area contributed by atoms with Crippen LogP contribution in [-0.2, 0) is 6.42 Å². The smallest absolute Gasteiger partial charge is 0.191 e. The van der Waals surface area contributed by atoms with Crippen LogP contribution in [0.2, 0.25) is 0 Å². The first-order valence-corrected chi connectivity index (χ1v) is 8.27. The average molecular weight is 363 g/mol. The average Bonchev–Trinajstić information content (AvgIpc) is 2.65. The van der Waals surface area contributed by atoms with Gasteiger partial charge in [0.05, 0.1) is 13.7 Å². The van der Waals surface area contributed by atoms with Gasteiger partial charge in [-0.3, -0.25) is 4.99 Å². The molecule has 0 bridgehead atoms. The molecule has 140 valence electrons. The normalized spacial score (nSPS) is 11.2. The Bertz CT molecular complexity index is 721. The maximum absolute atomic E-state index is 13.4. The summed E-state index contributed by atoms with van der Waals surface area (Å²) < 4.78 is 36.7. The summed E-state index contributed by atoms with van der Waals surface area (Å²) >= 11 is 0. The van der Waals surface area contributed by atoms with Crippen LogP contribution in [0.1, 0.15) is 5.56 Å². The third kappa shape index (κ3) is 6.23. The number of hydrogen-bond donors (Lipinski definition) is 2. The molecule has 0 saturated heterocycles. The van der Waals surface area contributed by atoms with Crippen molar-refractivity contribution in [2.75, 3.05) is 33.9 Å². The molecule has 0 aliphatic rings. The van der Waals surface area contributed by atoms with Gasteiger partial charge in [0, 0.05) is 19.7 Å². The van der Waals surface area contributed by atoms with Gasteiger partial charge in [-0.15, -0.1) is 0 Å². The van der Waals surface area contributed by atoms with Crippen molar-refractivity contribution in [1.82, 2.24) is 10.6 Å². The summed E-state index contributed by atoms with van der Waals surface area (Å²) in [5.41, 5.74) is 1.18. The quantitative estimate of drug-likeness (QED) is 0.430. The SMILES string of the molecule is CN=C(NCCOc1ccc(F)cc1F)NCCc1ccc(OC)cc1. The summed E-state index contributed by atoms with van der Waals surface area (Å²) in [6.45, 7) is 1.36. The minimum Gasteiger partial charge on any atom is -0.497 e. The van der Waals surface area contributed by atoms with Gasteiger partial charge in [-0.1, -0.05) is 12.1 Å². The van der Waals surface area contributed by atoms with E-state index in [1.54, 1.807) is 14.2 Å². The van der Waals surface area contributed by atoms with E-state index < -0.39 is 11.6 Å². The van der Waals surface area contributed by atoms with Crippen molar-refractivity contribution in [2.24, 2.45) is 4.99 Å². The number of benzene rings is 2. The summed E-state index contributed by atoms with van der Waals surface area (Å²) in [5.74, 6) is 0.135. The monoisotopic (exact) mass is 363 g/mol. The molecule has 2 N–H and O–H groups in total. The fraction of sp³-hybridized carbons (Fsp3) is 0.316. The van der Waals surface area contributed by atoms with E-state index in [-0.39, 0.29) is 12.4 Å². The van der Waals surface area contributed by atoms with Gasteiger partial charge in [-0.25, -0.2) is 8.78 Å². The van der Waals surface area contributed by atoms with E-state index >= 15 is 0 Å². The Morgan fingerprint density at radius 1 is 1.04 bits per heavy atom. The van der Waals surface area contributed by atoms with Gasteiger partial charge in [0.15, 0.2) is 17.5 Å². The molecule has 7 heteroatoms. The number of ether oxygens (including phenoxy) is 2. The molecular weight excluding hydrogens is 340 g/mol. The van der Waals surface area contributed by atoms with E-state index in [1.165, 1.54) is 11.6 Å². The fourth-order valence-electron chi connectivity index (χ4n) is 2.26. The van der Waals surface area contributed by atoms with Crippen LogP contribution in [0.15, 0.2) is 47.5 Å². The first-order chi connectivity index (χ1) is 12.6. The Labute approximate surface area is 152 Å². The summed E-state index contributed by atoms with van der Waals surface area (Å²) in [7, 11) is 3.31. The second-order valence-electron chi connectivity index (χ2n) is 5.45. The van der Waals surface area contributed by atoms with Gasteiger partial charge in [0.1, 0.15) is 18.2 Å². The van der Waals surface area contributed by atoms with Crippen LogP contribution in [0.4, 0.5) is 8.78 Å². The number of hydrogen-bond acceptors (Lipinski definition) is 3. The van der Waals surface area contributed by atoms with Gasteiger partial charge in [-0.2, -0.15) is 0 Å². The molecule has 2 aromatic rings. The molecule has 5 nitrogen and oxygen atoms in total. The van der Waals surface area contributed by atoms with E-state index in [4.69, 9.17) is 9.47 Å². The molecule has 0 spiro atoms. The lowest BCUT2D eigenvalue weighted by molar-refractivity contribution is 0.304. The van der Waals surface area contributed by atoms with Crippen LogP contribution in [0.3, 0.4) is 0 Å². The molecule has 0 heterocycles. The molecule has 0 amide bonds. The lowest BCUT2D eigenvalue weighted by Crippen LogP contribution is -2.40. The fourth-order valence-corrected chi connectivity index (χ4v) is 2.26. The summed E-state index contributed by atoms with van der Waals surface area (Å²) in [4.78, 5) is 4.12. The van der Waals surface area contributed by atoms with Crippen LogP contribution >= 0.6 is 0 Å². The Morgan fingerprint density at radius 3 is 2.42 bits per heavy atom. The molecule has 0 aliphatic carbocycles. The lowest BCUT2D eigenvalue weighted by Gasteiger charge is -2.13. The number of guanidine groups is 1. The van der Waals surface area contributed by atoms with Gasteiger partial charge in [0.25, 0.3) is 0 Å². The van der Waals surface area contributed by atoms with E-state index in [0.29, 0.717) is 19.0 Å². The minimum absolute atomic E-state index is 0.0238. The zero-order valence-corrected chi connectivity index (χ0v) is 14.9. The van der Waals surface area contributed by atoms with E-state index in [1.807, 2.05) is 24.3 Å². The third-order valence-corrected chi connectivity index (χ3v) is 3.63. The van der Waals surface area contributed by atoms with E-state index in [9.17, 15) is 8.78 Å². The second-order valence-corrected chi connectivity index (χ2v) is 5.45. The molecule has 0 radical (unpaired) electrons. The van der Waals surface area contributed by atoms with Crippen molar-refractivity contribution in [3.05, 3.63) is 59.7 Å². The summed E-state index contributed by atoms with van der Waals surface area (Å²) in [6.07, 6.45) is 0.835. The molecule has 0 unspecified atom stereocenters. The first-order valence-electron chi connectivity index (χ1n) is 8.27. The molecule has 2 rings (SSSR count). The minimum atomic E-state index is -0.716. The maximum Gasteiger partial charge on any atom is 0.191 e. The molecular formula is C19H23F2N3O2. The Hall–Kier alpha value is -2.83. The van der Waals surface area contributed by atoms with Crippen LogP contribution in [0.25, 0.3) is 0 Å². The Kier molecular flexibility index (Phi) is 7.67. The summed E-state index contributed by atoms with van der Waals surface area (Å²) in [5, 5.41) is 6.26. The highest BCUT2D eigenvalue weighted by atomic mass is 19.1. The van der Waals surface area contributed by atoms with E-state index in [0.717, 1.165) is 24.3 Å². The Morgan fingerprint density at radius 2 is 1.77 bits per heavy atom. The first kappa shape index (κ1) is 19.5. The van der Waals surface area contributed by atoms with Crippen LogP contribution in [0, 0.1) is 11.6 Å². The molecule has 26 heavy (non-hydrogen) atoms. The predicted molar refractivity (Wildman–Crippen MR) is 97.9 cm³/mol. The van der Waals surface area contributed by atoms with Crippen LogP contribution < -0.4 is 20.1 Å². The number of nitrogens with zero attached hydrogens (tertiary/aromatic N) is 1. The predicted octanol–water partition coefficient (Wildman–Crippen LogP) is 2.76. The second kappa shape index (κ2) is 10.2. The topological polar surface area (TPSA) is 54.9 Å². The largest absolute Gasteiger partial charge is 0.497 e. The highest BCUT2D eigenvalue weighted by Gasteiger charge is 2.05. The lowest BCUT2D eigenvalue weighted by atomic mass is 10.1. The number of rotatable bonds is 8. The van der Waals surface area contributed by atoms with Crippen molar-refractivity contribution >= 4 is 5.96 Å². The number of halogens is 2. The molecule has 0 saturated carbocycles. The van der Waals surface area contributed by atoms with Crippen molar-refractivity contribution in [3.8, 4) is 11.5 Å². The third-order valence-electron chi connectivity index (χ3n) is 3.63. The number of methoxy groups -OCH3 is 1. The van der Waals surface area contributed by atoms with Crippen molar-refractivity contribution < 1.29 is 18.3 Å². The molecule has 0 aliphatic heterocycles. The van der Waals surface area contributed by atoms with Crippen molar-refractivity contribution in [1.29, 1.82) is 0 Å². The van der Waals surface area contributed by atoms with Gasteiger partial charge < -0.3 is 20.1 Å². The zero-order chi connectivity index (χ0) is 18.8. The van der Waals surface area contributed by atoms with E-state index in [2.05, 4.69) is 15.6 Å². The summed E-state index contributed by atoms with van der Waals surface area (Å²) in [6, 6.07) is 11.1. The standard InChI is InChI=1S/C19H23F2N3O2/c1-22-19(23-10-9-14-3-6-16(25-2)7-4-14)24-11-12-26-18-8-5-15(20)13-17(18)21/h3-8,13H,9-12H2,1-2H3,(H2,22,23,24).